The maximum atomic E-state index is 11.4. The van der Waals surface area contributed by atoms with Gasteiger partial charge in [-0.1, -0.05) is 29.5 Å². The molecular weight excluding hydrogens is 308 g/mol. The second kappa shape index (κ2) is 7.10. The van der Waals surface area contributed by atoms with E-state index in [9.17, 15) is 4.79 Å². The van der Waals surface area contributed by atoms with E-state index in [4.69, 9.17) is 5.73 Å². The van der Waals surface area contributed by atoms with Crippen LogP contribution in [0.3, 0.4) is 0 Å². The number of hydrogen-bond donors (Lipinski definition) is 2. The van der Waals surface area contributed by atoms with Gasteiger partial charge < -0.3 is 11.1 Å². The van der Waals surface area contributed by atoms with Crippen LogP contribution in [0.5, 0.6) is 0 Å². The van der Waals surface area contributed by atoms with E-state index in [0.717, 1.165) is 16.2 Å². The summed E-state index contributed by atoms with van der Waals surface area (Å²) >= 11 is 1.63. The Kier molecular flexibility index (Phi) is 4.93. The summed E-state index contributed by atoms with van der Waals surface area (Å²) in [5.41, 5.74) is 7.26. The van der Waals surface area contributed by atoms with Crippen LogP contribution >= 0.6 is 11.8 Å². The van der Waals surface area contributed by atoms with E-state index < -0.39 is 0 Å². The molecule has 6 heteroatoms. The zero-order chi connectivity index (χ0) is 16.2. The SMILES string of the molecule is Cc1ccc(Sc2cnc(NC3CCC(=O)CC3N)nc2)cc1. The standard InChI is InChI=1S/C17H20N4OS/c1-11-2-5-13(6-3-11)23-14-9-19-17(20-10-14)21-16-7-4-12(22)8-15(16)18/h2-3,5-6,9-10,15-16H,4,7-8,18H2,1H3,(H,19,20,21). The molecule has 1 aromatic carbocycles. The number of carbonyl (C=O) groups excluding carboxylic acids is 1. The molecule has 23 heavy (non-hydrogen) atoms. The predicted octanol–water partition coefficient (Wildman–Crippen LogP) is 2.80. The number of Topliss-reactive ketones (excluding diaryl/α,β-unsaturated/α-hetero) is 1. The predicted molar refractivity (Wildman–Crippen MR) is 91.6 cm³/mol. The first-order chi connectivity index (χ1) is 11.1. The van der Waals surface area contributed by atoms with Gasteiger partial charge in [-0.05, 0) is 25.5 Å². The summed E-state index contributed by atoms with van der Waals surface area (Å²) in [5, 5.41) is 3.24. The van der Waals surface area contributed by atoms with Gasteiger partial charge in [0.1, 0.15) is 5.78 Å². The van der Waals surface area contributed by atoms with E-state index in [0.29, 0.717) is 18.8 Å². The molecular formula is C17H20N4OS. The van der Waals surface area contributed by atoms with Crippen molar-refractivity contribution >= 4 is 23.5 Å². The van der Waals surface area contributed by atoms with Crippen molar-refractivity contribution in [3.8, 4) is 0 Å². The molecule has 0 bridgehead atoms. The Hall–Kier alpha value is -1.92. The number of nitrogens with one attached hydrogen (secondary N) is 1. The second-order valence-electron chi connectivity index (χ2n) is 5.85. The van der Waals surface area contributed by atoms with Gasteiger partial charge in [0.15, 0.2) is 0 Å². The molecule has 3 N–H and O–H groups in total. The monoisotopic (exact) mass is 328 g/mol. The summed E-state index contributed by atoms with van der Waals surface area (Å²) in [6.45, 7) is 2.07. The van der Waals surface area contributed by atoms with Gasteiger partial charge in [0.2, 0.25) is 5.95 Å². The van der Waals surface area contributed by atoms with Crippen LogP contribution in [-0.2, 0) is 4.79 Å². The van der Waals surface area contributed by atoms with Gasteiger partial charge in [0.25, 0.3) is 0 Å². The lowest BCUT2D eigenvalue weighted by Crippen LogP contribution is -2.45. The van der Waals surface area contributed by atoms with Crippen LogP contribution in [0.1, 0.15) is 24.8 Å². The fourth-order valence-electron chi connectivity index (χ4n) is 2.57. The lowest BCUT2D eigenvalue weighted by molar-refractivity contribution is -0.120. The molecule has 5 nitrogen and oxygen atoms in total. The number of nitrogens with zero attached hydrogens (tertiary/aromatic N) is 2. The Morgan fingerprint density at radius 1 is 1.17 bits per heavy atom. The molecule has 1 fully saturated rings. The van der Waals surface area contributed by atoms with Crippen LogP contribution in [0, 0.1) is 6.92 Å². The molecule has 2 unspecified atom stereocenters. The molecule has 1 heterocycles. The number of nitrogens with two attached hydrogens (primary N) is 1. The molecule has 3 rings (SSSR count). The lowest BCUT2D eigenvalue weighted by atomic mass is 9.90. The third-order valence-corrected chi connectivity index (χ3v) is 4.87. The van der Waals surface area contributed by atoms with Crippen molar-refractivity contribution in [2.75, 3.05) is 5.32 Å². The fraction of sp³-hybridized carbons (Fsp3) is 0.353. The van der Waals surface area contributed by atoms with Crippen molar-refractivity contribution in [1.82, 2.24) is 9.97 Å². The van der Waals surface area contributed by atoms with Crippen molar-refractivity contribution in [2.45, 2.75) is 48.1 Å². The van der Waals surface area contributed by atoms with Gasteiger partial charge in [-0.15, -0.1) is 0 Å². The smallest absolute Gasteiger partial charge is 0.222 e. The van der Waals surface area contributed by atoms with Crippen LogP contribution < -0.4 is 11.1 Å². The zero-order valence-corrected chi connectivity index (χ0v) is 13.8. The zero-order valence-electron chi connectivity index (χ0n) is 13.0. The number of anilines is 1. The van der Waals surface area contributed by atoms with E-state index in [1.54, 1.807) is 24.2 Å². The Bertz CT molecular complexity index is 672. The molecule has 0 saturated heterocycles. The minimum absolute atomic E-state index is 0.0586. The van der Waals surface area contributed by atoms with Crippen LogP contribution in [0.25, 0.3) is 0 Å². The van der Waals surface area contributed by atoms with Crippen molar-refractivity contribution in [1.29, 1.82) is 0 Å². The number of rotatable bonds is 4. The maximum absolute atomic E-state index is 11.4. The number of aryl methyl sites for hydroxylation is 1. The molecule has 2 atom stereocenters. The van der Waals surface area contributed by atoms with E-state index in [1.807, 2.05) is 0 Å². The highest BCUT2D eigenvalue weighted by Gasteiger charge is 2.26. The average molecular weight is 328 g/mol. The minimum atomic E-state index is -0.165. The van der Waals surface area contributed by atoms with Gasteiger partial charge in [-0.2, -0.15) is 0 Å². The van der Waals surface area contributed by atoms with E-state index in [2.05, 4.69) is 46.5 Å². The molecule has 1 aromatic heterocycles. The third-order valence-electron chi connectivity index (χ3n) is 3.91. The van der Waals surface area contributed by atoms with Crippen LogP contribution in [-0.4, -0.2) is 27.8 Å². The van der Waals surface area contributed by atoms with Crippen molar-refractivity contribution in [2.24, 2.45) is 5.73 Å². The van der Waals surface area contributed by atoms with Crippen LogP contribution in [0.15, 0.2) is 46.5 Å². The molecule has 1 aliphatic carbocycles. The highest BCUT2D eigenvalue weighted by Crippen LogP contribution is 2.27. The highest BCUT2D eigenvalue weighted by atomic mass is 32.2. The first-order valence-electron chi connectivity index (χ1n) is 7.70. The lowest BCUT2D eigenvalue weighted by Gasteiger charge is -2.28. The first kappa shape index (κ1) is 16.0. The van der Waals surface area contributed by atoms with Crippen molar-refractivity contribution in [3.63, 3.8) is 0 Å². The summed E-state index contributed by atoms with van der Waals surface area (Å²) in [6.07, 6.45) is 5.35. The molecule has 0 spiro atoms. The van der Waals surface area contributed by atoms with Crippen molar-refractivity contribution < 1.29 is 4.79 Å². The molecule has 1 saturated carbocycles. The van der Waals surface area contributed by atoms with Gasteiger partial charge >= 0.3 is 0 Å². The summed E-state index contributed by atoms with van der Waals surface area (Å²) in [5.74, 6) is 0.800. The Balaban J connectivity index is 1.60. The quantitative estimate of drug-likeness (QED) is 0.898. The maximum Gasteiger partial charge on any atom is 0.222 e. The summed E-state index contributed by atoms with van der Waals surface area (Å²) in [7, 11) is 0. The van der Waals surface area contributed by atoms with E-state index in [1.165, 1.54) is 5.56 Å². The van der Waals surface area contributed by atoms with Gasteiger partial charge in [-0.3, -0.25) is 4.79 Å². The molecule has 0 amide bonds. The Morgan fingerprint density at radius 2 is 1.87 bits per heavy atom. The first-order valence-corrected chi connectivity index (χ1v) is 8.52. The van der Waals surface area contributed by atoms with Gasteiger partial charge in [-0.25, -0.2) is 9.97 Å². The molecule has 2 aromatic rings. The van der Waals surface area contributed by atoms with Gasteiger partial charge in [0.05, 0.1) is 0 Å². The summed E-state index contributed by atoms with van der Waals surface area (Å²) < 4.78 is 0. The average Bonchev–Trinajstić information content (AvgIpc) is 2.54. The number of aromatic nitrogens is 2. The highest BCUT2D eigenvalue weighted by molar-refractivity contribution is 7.99. The molecule has 120 valence electrons. The van der Waals surface area contributed by atoms with Crippen molar-refractivity contribution in [3.05, 3.63) is 42.2 Å². The Labute approximate surface area is 140 Å². The Morgan fingerprint density at radius 3 is 2.52 bits per heavy atom. The minimum Gasteiger partial charge on any atom is -0.350 e. The summed E-state index contributed by atoms with van der Waals surface area (Å²) in [6, 6.07) is 8.24. The largest absolute Gasteiger partial charge is 0.350 e. The third kappa shape index (κ3) is 4.30. The van der Waals surface area contributed by atoms with Gasteiger partial charge in [0, 0.05) is 47.1 Å². The molecule has 0 radical (unpaired) electrons. The number of benzene rings is 1. The normalized spacial score (nSPS) is 21.2. The topological polar surface area (TPSA) is 80.9 Å². The van der Waals surface area contributed by atoms with Crippen LogP contribution in [0.2, 0.25) is 0 Å². The fourth-order valence-corrected chi connectivity index (χ4v) is 3.32. The number of hydrogen-bond acceptors (Lipinski definition) is 6. The molecule has 1 aliphatic rings. The number of carbonyl (C=O) groups is 1. The number of ketones is 1. The molecule has 0 aliphatic heterocycles. The second-order valence-corrected chi connectivity index (χ2v) is 7.00. The van der Waals surface area contributed by atoms with E-state index in [-0.39, 0.29) is 17.9 Å². The summed E-state index contributed by atoms with van der Waals surface area (Å²) in [4.78, 5) is 22.2. The van der Waals surface area contributed by atoms with Crippen LogP contribution in [0.4, 0.5) is 5.95 Å². The van der Waals surface area contributed by atoms with E-state index >= 15 is 0 Å².